The second-order valence-corrected chi connectivity index (χ2v) is 5.71. The largest absolute Gasteiger partial charge is 0.493 e. The quantitative estimate of drug-likeness (QED) is 0.917. The zero-order valence-electron chi connectivity index (χ0n) is 10.3. The van der Waals surface area contributed by atoms with Gasteiger partial charge in [-0.05, 0) is 29.9 Å². The van der Waals surface area contributed by atoms with E-state index in [0.717, 1.165) is 37.2 Å². The topological polar surface area (TPSA) is 35.2 Å². The molecule has 0 spiro atoms. The number of ether oxygens (including phenoxy) is 1. The van der Waals surface area contributed by atoms with E-state index in [1.165, 1.54) is 10.4 Å². The number of nitrogens with two attached hydrogens (primary N) is 1. The summed E-state index contributed by atoms with van der Waals surface area (Å²) in [7, 11) is 0. The number of para-hydroxylation sites is 1. The first-order valence-corrected chi connectivity index (χ1v) is 7.25. The van der Waals surface area contributed by atoms with Crippen molar-refractivity contribution in [3.05, 3.63) is 51.7 Å². The van der Waals surface area contributed by atoms with Crippen molar-refractivity contribution in [1.82, 2.24) is 0 Å². The molecule has 1 aromatic heterocycles. The van der Waals surface area contributed by atoms with Crippen LogP contribution < -0.4 is 10.5 Å². The van der Waals surface area contributed by atoms with Crippen molar-refractivity contribution in [3.63, 3.8) is 0 Å². The van der Waals surface area contributed by atoms with Crippen LogP contribution >= 0.6 is 11.3 Å². The van der Waals surface area contributed by atoms with Gasteiger partial charge in [0, 0.05) is 22.9 Å². The summed E-state index contributed by atoms with van der Waals surface area (Å²) >= 11 is 1.76. The Morgan fingerprint density at radius 1 is 1.28 bits per heavy atom. The molecule has 1 aliphatic rings. The van der Waals surface area contributed by atoms with Crippen LogP contribution in [-0.4, -0.2) is 6.61 Å². The lowest BCUT2D eigenvalue weighted by Crippen LogP contribution is -2.17. The molecule has 1 aliphatic heterocycles. The Bertz CT molecular complexity index is 521. The van der Waals surface area contributed by atoms with Crippen LogP contribution in [0.15, 0.2) is 35.7 Å². The normalized spacial score (nSPS) is 15.8. The monoisotopic (exact) mass is 259 g/mol. The van der Waals surface area contributed by atoms with Gasteiger partial charge in [-0.3, -0.25) is 0 Å². The summed E-state index contributed by atoms with van der Waals surface area (Å²) in [6.07, 6.45) is 3.10. The number of hydrogen-bond acceptors (Lipinski definition) is 3. The van der Waals surface area contributed by atoms with Crippen LogP contribution in [0.5, 0.6) is 5.75 Å². The lowest BCUT2D eigenvalue weighted by molar-refractivity contribution is 0.283. The zero-order valence-corrected chi connectivity index (χ0v) is 11.1. The summed E-state index contributed by atoms with van der Waals surface area (Å²) in [5, 5.41) is 2.10. The van der Waals surface area contributed by atoms with Crippen LogP contribution in [0.2, 0.25) is 0 Å². The summed E-state index contributed by atoms with van der Waals surface area (Å²) in [5.41, 5.74) is 8.80. The van der Waals surface area contributed by atoms with Gasteiger partial charge >= 0.3 is 0 Å². The predicted octanol–water partition coefficient (Wildman–Crippen LogP) is 3.32. The lowest BCUT2D eigenvalue weighted by Gasteiger charge is -2.23. The highest BCUT2D eigenvalue weighted by Gasteiger charge is 2.18. The number of fused-ring (bicyclic) bond motifs is 1. The molecule has 18 heavy (non-hydrogen) atoms. The minimum Gasteiger partial charge on any atom is -0.493 e. The van der Waals surface area contributed by atoms with Gasteiger partial charge in [0.1, 0.15) is 5.75 Å². The highest BCUT2D eigenvalue weighted by Crippen LogP contribution is 2.33. The van der Waals surface area contributed by atoms with Crippen molar-refractivity contribution in [3.8, 4) is 5.75 Å². The summed E-state index contributed by atoms with van der Waals surface area (Å²) in [6.45, 7) is 0.815. The molecule has 0 saturated heterocycles. The average Bonchev–Trinajstić information content (AvgIpc) is 2.91. The van der Waals surface area contributed by atoms with Crippen LogP contribution in [0.3, 0.4) is 0 Å². The molecule has 3 rings (SSSR count). The highest BCUT2D eigenvalue weighted by molar-refractivity contribution is 7.09. The van der Waals surface area contributed by atoms with Crippen molar-refractivity contribution in [2.24, 2.45) is 5.73 Å². The molecule has 0 radical (unpaired) electrons. The van der Waals surface area contributed by atoms with E-state index in [1.807, 2.05) is 0 Å². The summed E-state index contributed by atoms with van der Waals surface area (Å²) < 4.78 is 5.82. The van der Waals surface area contributed by atoms with E-state index in [2.05, 4.69) is 35.7 Å². The van der Waals surface area contributed by atoms with Crippen LogP contribution in [0, 0.1) is 0 Å². The van der Waals surface area contributed by atoms with E-state index in [1.54, 1.807) is 11.3 Å². The van der Waals surface area contributed by atoms with Crippen molar-refractivity contribution in [2.45, 2.75) is 25.3 Å². The number of rotatable bonds is 3. The summed E-state index contributed by atoms with van der Waals surface area (Å²) in [5.74, 6) is 1.04. The molecule has 1 aromatic carbocycles. The number of hydrogen-bond donors (Lipinski definition) is 1. The second kappa shape index (κ2) is 5.12. The van der Waals surface area contributed by atoms with Gasteiger partial charge in [-0.15, -0.1) is 11.3 Å². The fourth-order valence-electron chi connectivity index (χ4n) is 2.46. The third kappa shape index (κ3) is 2.28. The maximum Gasteiger partial charge on any atom is 0.127 e. The van der Waals surface area contributed by atoms with Crippen LogP contribution in [0.25, 0.3) is 0 Å². The molecule has 0 amide bonds. The Hall–Kier alpha value is -1.32. The summed E-state index contributed by atoms with van der Waals surface area (Å²) in [4.78, 5) is 1.33. The van der Waals surface area contributed by atoms with E-state index >= 15 is 0 Å². The molecular weight excluding hydrogens is 242 g/mol. The van der Waals surface area contributed by atoms with E-state index in [9.17, 15) is 0 Å². The standard InChI is InChI=1S/C15H17NOS/c16-14(10-12-6-3-9-18-12)13-7-1-4-11-5-2-8-17-15(11)13/h1,3-4,6-7,9,14H,2,5,8,10,16H2. The molecule has 0 aliphatic carbocycles. The number of aryl methyl sites for hydroxylation is 1. The second-order valence-electron chi connectivity index (χ2n) is 4.68. The third-order valence-corrected chi connectivity index (χ3v) is 4.26. The maximum atomic E-state index is 6.34. The zero-order chi connectivity index (χ0) is 12.4. The Morgan fingerprint density at radius 3 is 3.06 bits per heavy atom. The fourth-order valence-corrected chi connectivity index (χ4v) is 3.23. The van der Waals surface area contributed by atoms with Crippen LogP contribution in [0.4, 0.5) is 0 Å². The van der Waals surface area contributed by atoms with Crippen molar-refractivity contribution >= 4 is 11.3 Å². The molecule has 2 heterocycles. The minimum atomic E-state index is 0.0247. The van der Waals surface area contributed by atoms with Crippen molar-refractivity contribution in [1.29, 1.82) is 0 Å². The third-order valence-electron chi connectivity index (χ3n) is 3.36. The van der Waals surface area contributed by atoms with Gasteiger partial charge < -0.3 is 10.5 Å². The minimum absolute atomic E-state index is 0.0247. The Kier molecular flexibility index (Phi) is 3.35. The number of thiophene rings is 1. The molecule has 94 valence electrons. The molecule has 3 heteroatoms. The van der Waals surface area contributed by atoms with Crippen molar-refractivity contribution < 1.29 is 4.74 Å². The molecular formula is C15H17NOS. The fraction of sp³-hybridized carbons (Fsp3) is 0.333. The molecule has 0 fully saturated rings. The molecule has 1 unspecified atom stereocenters. The Morgan fingerprint density at radius 2 is 2.22 bits per heavy atom. The van der Waals surface area contributed by atoms with Gasteiger partial charge in [-0.1, -0.05) is 24.3 Å². The molecule has 2 N–H and O–H groups in total. The van der Waals surface area contributed by atoms with Gasteiger partial charge in [0.15, 0.2) is 0 Å². The van der Waals surface area contributed by atoms with Gasteiger partial charge in [0.2, 0.25) is 0 Å². The van der Waals surface area contributed by atoms with E-state index in [4.69, 9.17) is 10.5 Å². The molecule has 1 atom stereocenters. The first kappa shape index (κ1) is 11.8. The average molecular weight is 259 g/mol. The lowest BCUT2D eigenvalue weighted by atomic mass is 9.96. The van der Waals surface area contributed by atoms with Gasteiger partial charge in [0.25, 0.3) is 0 Å². The first-order valence-electron chi connectivity index (χ1n) is 6.37. The van der Waals surface area contributed by atoms with Crippen LogP contribution in [0.1, 0.15) is 28.5 Å². The first-order chi connectivity index (χ1) is 8.84. The number of benzene rings is 1. The summed E-state index contributed by atoms with van der Waals surface area (Å²) in [6, 6.07) is 10.6. The van der Waals surface area contributed by atoms with Crippen LogP contribution in [-0.2, 0) is 12.8 Å². The van der Waals surface area contributed by atoms with Crippen molar-refractivity contribution in [2.75, 3.05) is 6.61 Å². The SMILES string of the molecule is NC(Cc1cccs1)c1cccc2c1OCCC2. The van der Waals surface area contributed by atoms with Gasteiger partial charge in [-0.25, -0.2) is 0 Å². The Balaban J connectivity index is 1.87. The van der Waals surface area contributed by atoms with Gasteiger partial charge in [0.05, 0.1) is 6.61 Å². The smallest absolute Gasteiger partial charge is 0.127 e. The molecule has 2 aromatic rings. The predicted molar refractivity (Wildman–Crippen MR) is 75.2 cm³/mol. The van der Waals surface area contributed by atoms with E-state index in [0.29, 0.717) is 0 Å². The highest BCUT2D eigenvalue weighted by atomic mass is 32.1. The van der Waals surface area contributed by atoms with E-state index < -0.39 is 0 Å². The van der Waals surface area contributed by atoms with Gasteiger partial charge in [-0.2, -0.15) is 0 Å². The maximum absolute atomic E-state index is 6.34. The molecule has 0 bridgehead atoms. The molecule has 0 saturated carbocycles. The van der Waals surface area contributed by atoms with E-state index in [-0.39, 0.29) is 6.04 Å². The Labute approximate surface area is 111 Å². The molecule has 2 nitrogen and oxygen atoms in total.